The maximum Gasteiger partial charge on any atom is 0.118 e. The van der Waals surface area contributed by atoms with Crippen molar-refractivity contribution in [1.29, 1.82) is 0 Å². The van der Waals surface area contributed by atoms with E-state index in [0.29, 0.717) is 0 Å². The molecule has 0 bridgehead atoms. The zero-order valence-electron chi connectivity index (χ0n) is 13.5. The molecule has 23 heavy (non-hydrogen) atoms. The van der Waals surface area contributed by atoms with Gasteiger partial charge in [0.25, 0.3) is 0 Å². The molecule has 0 amide bonds. The normalized spacial score (nSPS) is 16.4. The Kier molecular flexibility index (Phi) is 5.55. The van der Waals surface area contributed by atoms with Gasteiger partial charge in [0.1, 0.15) is 5.75 Å². The van der Waals surface area contributed by atoms with Crippen LogP contribution in [0.2, 0.25) is 5.02 Å². The van der Waals surface area contributed by atoms with E-state index in [2.05, 4.69) is 34.1 Å². The fourth-order valence-corrected chi connectivity index (χ4v) is 3.16. The highest BCUT2D eigenvalue weighted by molar-refractivity contribution is 6.31. The Hall–Kier alpha value is -1.55. The fraction of sp³-hybridized carbons (Fsp3) is 0.368. The summed E-state index contributed by atoms with van der Waals surface area (Å²) < 4.78 is 5.21. The van der Waals surface area contributed by atoms with Gasteiger partial charge in [0.05, 0.1) is 7.11 Å². The molecule has 0 atom stereocenters. The van der Waals surface area contributed by atoms with E-state index in [1.54, 1.807) is 7.11 Å². The van der Waals surface area contributed by atoms with E-state index in [-0.39, 0.29) is 0 Å². The predicted molar refractivity (Wildman–Crippen MR) is 95.0 cm³/mol. The minimum atomic E-state index is 0.869. The Morgan fingerprint density at radius 1 is 0.870 bits per heavy atom. The van der Waals surface area contributed by atoms with Gasteiger partial charge < -0.3 is 4.74 Å². The van der Waals surface area contributed by atoms with E-state index in [9.17, 15) is 0 Å². The van der Waals surface area contributed by atoms with Crippen molar-refractivity contribution in [2.24, 2.45) is 0 Å². The first kappa shape index (κ1) is 16.3. The van der Waals surface area contributed by atoms with Gasteiger partial charge in [-0.2, -0.15) is 0 Å². The summed E-state index contributed by atoms with van der Waals surface area (Å²) in [6, 6.07) is 16.5. The second kappa shape index (κ2) is 7.82. The molecular formula is C19H23ClN2O. The molecule has 1 fully saturated rings. The van der Waals surface area contributed by atoms with E-state index >= 15 is 0 Å². The van der Waals surface area contributed by atoms with Crippen LogP contribution in [0.1, 0.15) is 11.1 Å². The first-order valence-corrected chi connectivity index (χ1v) is 8.43. The van der Waals surface area contributed by atoms with E-state index in [1.807, 2.05) is 24.3 Å². The van der Waals surface area contributed by atoms with Gasteiger partial charge in [-0.3, -0.25) is 9.80 Å². The third-order valence-electron chi connectivity index (χ3n) is 4.38. The average Bonchev–Trinajstić information content (AvgIpc) is 2.59. The monoisotopic (exact) mass is 330 g/mol. The highest BCUT2D eigenvalue weighted by Gasteiger charge is 2.17. The number of methoxy groups -OCH3 is 1. The Bertz CT molecular complexity index is 622. The molecule has 1 heterocycles. The topological polar surface area (TPSA) is 15.7 Å². The van der Waals surface area contributed by atoms with E-state index in [0.717, 1.165) is 50.0 Å². The molecular weight excluding hydrogens is 308 g/mol. The maximum atomic E-state index is 6.26. The Labute approximate surface area is 143 Å². The molecule has 0 unspecified atom stereocenters. The summed E-state index contributed by atoms with van der Waals surface area (Å²) in [5.41, 5.74) is 2.56. The lowest BCUT2D eigenvalue weighted by atomic mass is 10.1. The minimum absolute atomic E-state index is 0.869. The first-order chi connectivity index (χ1) is 11.2. The second-order valence-electron chi connectivity index (χ2n) is 5.99. The summed E-state index contributed by atoms with van der Waals surface area (Å²) in [5.74, 6) is 0.915. The van der Waals surface area contributed by atoms with Gasteiger partial charge in [-0.15, -0.1) is 0 Å². The largest absolute Gasteiger partial charge is 0.497 e. The predicted octanol–water partition coefficient (Wildman–Crippen LogP) is 3.67. The quantitative estimate of drug-likeness (QED) is 0.832. The molecule has 0 aromatic heterocycles. The van der Waals surface area contributed by atoms with Gasteiger partial charge in [0, 0.05) is 44.3 Å². The van der Waals surface area contributed by atoms with Gasteiger partial charge >= 0.3 is 0 Å². The fourth-order valence-electron chi connectivity index (χ4n) is 2.96. The van der Waals surface area contributed by atoms with Crippen LogP contribution >= 0.6 is 11.6 Å². The molecule has 122 valence electrons. The van der Waals surface area contributed by atoms with Gasteiger partial charge in [-0.1, -0.05) is 41.9 Å². The van der Waals surface area contributed by atoms with Crippen LogP contribution in [0.5, 0.6) is 5.75 Å². The van der Waals surface area contributed by atoms with Crippen LogP contribution in [-0.2, 0) is 13.1 Å². The number of benzene rings is 2. The van der Waals surface area contributed by atoms with Crippen molar-refractivity contribution in [3.05, 3.63) is 64.7 Å². The number of rotatable bonds is 5. The molecule has 1 saturated heterocycles. The third kappa shape index (κ3) is 4.47. The van der Waals surface area contributed by atoms with Crippen molar-refractivity contribution in [2.75, 3.05) is 33.3 Å². The summed E-state index contributed by atoms with van der Waals surface area (Å²) in [7, 11) is 1.70. The molecule has 0 radical (unpaired) electrons. The molecule has 2 aromatic rings. The number of hydrogen-bond acceptors (Lipinski definition) is 3. The van der Waals surface area contributed by atoms with Crippen molar-refractivity contribution in [3.8, 4) is 5.75 Å². The van der Waals surface area contributed by atoms with Crippen LogP contribution < -0.4 is 4.74 Å². The zero-order chi connectivity index (χ0) is 16.1. The lowest BCUT2D eigenvalue weighted by Crippen LogP contribution is -2.45. The Balaban J connectivity index is 1.49. The highest BCUT2D eigenvalue weighted by atomic mass is 35.5. The second-order valence-corrected chi connectivity index (χ2v) is 6.40. The number of ether oxygens (including phenoxy) is 1. The zero-order valence-corrected chi connectivity index (χ0v) is 14.3. The van der Waals surface area contributed by atoms with Crippen LogP contribution in [0.15, 0.2) is 48.5 Å². The lowest BCUT2D eigenvalue weighted by Gasteiger charge is -2.34. The number of halogens is 1. The van der Waals surface area contributed by atoms with Crippen LogP contribution in [0, 0.1) is 0 Å². The third-order valence-corrected chi connectivity index (χ3v) is 4.75. The molecule has 0 saturated carbocycles. The van der Waals surface area contributed by atoms with Crippen molar-refractivity contribution in [3.63, 3.8) is 0 Å². The maximum absolute atomic E-state index is 6.26. The van der Waals surface area contributed by atoms with Gasteiger partial charge in [-0.25, -0.2) is 0 Å². The standard InChI is InChI=1S/C19H23ClN2O/c1-23-18-8-6-16(7-9-18)14-21-10-12-22(13-11-21)15-17-4-2-3-5-19(17)20/h2-9H,10-15H2,1H3. The smallest absolute Gasteiger partial charge is 0.118 e. The van der Waals surface area contributed by atoms with Crippen molar-refractivity contribution in [1.82, 2.24) is 9.80 Å². The van der Waals surface area contributed by atoms with Gasteiger partial charge in [-0.05, 0) is 29.3 Å². The lowest BCUT2D eigenvalue weighted by molar-refractivity contribution is 0.122. The SMILES string of the molecule is COc1ccc(CN2CCN(Cc3ccccc3Cl)CC2)cc1. The van der Waals surface area contributed by atoms with Crippen molar-refractivity contribution >= 4 is 11.6 Å². The van der Waals surface area contributed by atoms with Crippen LogP contribution in [-0.4, -0.2) is 43.1 Å². The summed E-state index contributed by atoms with van der Waals surface area (Å²) in [6.07, 6.45) is 0. The molecule has 2 aromatic carbocycles. The van der Waals surface area contributed by atoms with E-state index in [1.165, 1.54) is 11.1 Å². The van der Waals surface area contributed by atoms with Crippen LogP contribution in [0.25, 0.3) is 0 Å². The summed E-state index contributed by atoms with van der Waals surface area (Å²) in [6.45, 7) is 6.30. The molecule has 3 nitrogen and oxygen atoms in total. The number of hydrogen-bond donors (Lipinski definition) is 0. The summed E-state index contributed by atoms with van der Waals surface area (Å²) >= 11 is 6.26. The molecule has 4 heteroatoms. The van der Waals surface area contributed by atoms with Crippen LogP contribution in [0.3, 0.4) is 0 Å². The van der Waals surface area contributed by atoms with E-state index in [4.69, 9.17) is 16.3 Å². The van der Waals surface area contributed by atoms with Crippen LogP contribution in [0.4, 0.5) is 0 Å². The van der Waals surface area contributed by atoms with E-state index < -0.39 is 0 Å². The molecule has 1 aliphatic heterocycles. The Morgan fingerprint density at radius 3 is 2.09 bits per heavy atom. The number of nitrogens with zero attached hydrogens (tertiary/aromatic N) is 2. The summed E-state index contributed by atoms with van der Waals surface area (Å²) in [5, 5.41) is 0.869. The number of piperazine rings is 1. The summed E-state index contributed by atoms with van der Waals surface area (Å²) in [4.78, 5) is 4.98. The van der Waals surface area contributed by atoms with Gasteiger partial charge in [0.15, 0.2) is 0 Å². The molecule has 0 spiro atoms. The molecule has 1 aliphatic rings. The first-order valence-electron chi connectivity index (χ1n) is 8.05. The van der Waals surface area contributed by atoms with Crippen molar-refractivity contribution in [2.45, 2.75) is 13.1 Å². The minimum Gasteiger partial charge on any atom is -0.497 e. The molecule has 0 N–H and O–H groups in total. The van der Waals surface area contributed by atoms with Gasteiger partial charge in [0.2, 0.25) is 0 Å². The average molecular weight is 331 g/mol. The Morgan fingerprint density at radius 2 is 1.48 bits per heavy atom. The van der Waals surface area contributed by atoms with Crippen molar-refractivity contribution < 1.29 is 4.74 Å². The molecule has 0 aliphatic carbocycles. The molecule has 3 rings (SSSR count). The highest BCUT2D eigenvalue weighted by Crippen LogP contribution is 2.19.